The summed E-state index contributed by atoms with van der Waals surface area (Å²) in [5.74, 6) is -1.64. The van der Waals surface area contributed by atoms with Crippen LogP contribution in [0.4, 0.5) is 0 Å². The lowest BCUT2D eigenvalue weighted by Gasteiger charge is -1.88. The molecule has 0 saturated carbocycles. The topological polar surface area (TPSA) is 74.6 Å². The van der Waals surface area contributed by atoms with Gasteiger partial charge in [-0.3, -0.25) is 9.59 Å². The molecule has 2 N–H and O–H groups in total. The predicted molar refractivity (Wildman–Crippen MR) is 61.7 cm³/mol. The standard InChI is InChI=1S/C6H6O2S.C3H6O2S/c7-6(8)4-5-2-1-3-9-5;1-2(6)3(4)5/h1-3H,4H2,(H,7,8);2,6H,1H3,(H,4,5). The van der Waals surface area contributed by atoms with Crippen LogP contribution in [0, 0.1) is 0 Å². The number of thiophene rings is 1. The van der Waals surface area contributed by atoms with Crippen LogP contribution in [-0.4, -0.2) is 27.4 Å². The molecule has 1 unspecified atom stereocenters. The first-order chi connectivity index (χ1) is 6.93. The number of hydrogen-bond acceptors (Lipinski definition) is 4. The van der Waals surface area contributed by atoms with Crippen LogP contribution in [0.2, 0.25) is 0 Å². The van der Waals surface area contributed by atoms with E-state index in [2.05, 4.69) is 12.6 Å². The minimum Gasteiger partial charge on any atom is -0.481 e. The van der Waals surface area contributed by atoms with Gasteiger partial charge in [-0.2, -0.15) is 12.6 Å². The lowest BCUT2D eigenvalue weighted by Crippen LogP contribution is -2.06. The number of thiol groups is 1. The molecule has 1 heterocycles. The van der Waals surface area contributed by atoms with E-state index >= 15 is 0 Å². The molecule has 1 rings (SSSR count). The highest BCUT2D eigenvalue weighted by molar-refractivity contribution is 7.81. The molecular weight excluding hydrogens is 236 g/mol. The van der Waals surface area contributed by atoms with Gasteiger partial charge in [-0.1, -0.05) is 6.07 Å². The summed E-state index contributed by atoms with van der Waals surface area (Å²) in [5, 5.41) is 17.5. The molecule has 1 aromatic rings. The van der Waals surface area contributed by atoms with Gasteiger partial charge < -0.3 is 10.2 Å². The van der Waals surface area contributed by atoms with Gasteiger partial charge in [0.05, 0.1) is 11.7 Å². The highest BCUT2D eigenvalue weighted by Crippen LogP contribution is 2.08. The van der Waals surface area contributed by atoms with Crippen LogP contribution in [0.3, 0.4) is 0 Å². The summed E-state index contributed by atoms with van der Waals surface area (Å²) in [4.78, 5) is 20.6. The number of carbonyl (C=O) groups is 2. The molecule has 0 amide bonds. The van der Waals surface area contributed by atoms with Crippen molar-refractivity contribution in [2.45, 2.75) is 18.6 Å². The molecule has 1 atom stereocenters. The highest BCUT2D eigenvalue weighted by atomic mass is 32.1. The Balaban J connectivity index is 0.000000288. The highest BCUT2D eigenvalue weighted by Gasteiger charge is 2.00. The maximum Gasteiger partial charge on any atom is 0.316 e. The van der Waals surface area contributed by atoms with Crippen LogP contribution in [0.5, 0.6) is 0 Å². The third kappa shape index (κ3) is 8.02. The first-order valence-corrected chi connectivity index (χ1v) is 5.48. The van der Waals surface area contributed by atoms with Gasteiger partial charge in [0, 0.05) is 4.88 Å². The second kappa shape index (κ2) is 7.30. The Bertz CT molecular complexity index is 306. The Labute approximate surface area is 97.0 Å². The average Bonchev–Trinajstić information content (AvgIpc) is 2.56. The van der Waals surface area contributed by atoms with E-state index in [1.807, 2.05) is 17.5 Å². The van der Waals surface area contributed by atoms with Crippen LogP contribution < -0.4 is 0 Å². The van der Waals surface area contributed by atoms with Gasteiger partial charge in [-0.25, -0.2) is 0 Å². The third-order valence-corrected chi connectivity index (χ3v) is 2.36. The van der Waals surface area contributed by atoms with Crippen molar-refractivity contribution in [1.82, 2.24) is 0 Å². The average molecular weight is 248 g/mol. The zero-order chi connectivity index (χ0) is 11.8. The van der Waals surface area contributed by atoms with Crippen LogP contribution in [-0.2, 0) is 16.0 Å². The summed E-state index contributed by atoms with van der Waals surface area (Å²) >= 11 is 5.06. The molecule has 0 aliphatic rings. The number of hydrogen-bond donors (Lipinski definition) is 3. The van der Waals surface area contributed by atoms with E-state index in [0.29, 0.717) is 0 Å². The van der Waals surface area contributed by atoms with Gasteiger partial charge in [-0.15, -0.1) is 11.3 Å². The molecule has 6 heteroatoms. The van der Waals surface area contributed by atoms with E-state index in [9.17, 15) is 9.59 Å². The lowest BCUT2D eigenvalue weighted by molar-refractivity contribution is -0.137. The number of rotatable bonds is 3. The van der Waals surface area contributed by atoms with Crippen molar-refractivity contribution in [3.63, 3.8) is 0 Å². The Morgan fingerprint density at radius 3 is 2.33 bits per heavy atom. The van der Waals surface area contributed by atoms with Crippen LogP contribution >= 0.6 is 24.0 Å². The molecule has 0 radical (unpaired) electrons. The van der Waals surface area contributed by atoms with Crippen LogP contribution in [0.25, 0.3) is 0 Å². The summed E-state index contributed by atoms with van der Waals surface area (Å²) in [6, 6.07) is 3.67. The van der Waals surface area contributed by atoms with Gasteiger partial charge in [0.1, 0.15) is 0 Å². The normalized spacial score (nSPS) is 11.1. The van der Waals surface area contributed by atoms with E-state index in [1.54, 1.807) is 0 Å². The van der Waals surface area contributed by atoms with Crippen molar-refractivity contribution in [2.75, 3.05) is 0 Å². The molecule has 0 bridgehead atoms. The van der Waals surface area contributed by atoms with Crippen molar-refractivity contribution in [3.05, 3.63) is 22.4 Å². The summed E-state index contributed by atoms with van der Waals surface area (Å²) in [6.07, 6.45) is 0.150. The molecule has 0 saturated heterocycles. The Morgan fingerprint density at radius 1 is 1.53 bits per heavy atom. The minimum atomic E-state index is -0.877. The zero-order valence-electron chi connectivity index (χ0n) is 8.08. The fourth-order valence-electron chi connectivity index (χ4n) is 0.562. The second-order valence-corrected chi connectivity index (χ2v) is 4.47. The first kappa shape index (κ1) is 14.0. The van der Waals surface area contributed by atoms with Gasteiger partial charge in [-0.05, 0) is 18.4 Å². The molecule has 0 spiro atoms. The van der Waals surface area contributed by atoms with E-state index in [0.717, 1.165) is 4.88 Å². The predicted octanol–water partition coefficient (Wildman–Crippen LogP) is 1.76. The van der Waals surface area contributed by atoms with Crippen LogP contribution in [0.1, 0.15) is 11.8 Å². The second-order valence-electron chi connectivity index (χ2n) is 2.66. The monoisotopic (exact) mass is 248 g/mol. The van der Waals surface area contributed by atoms with Crippen molar-refractivity contribution in [3.8, 4) is 0 Å². The first-order valence-electron chi connectivity index (χ1n) is 4.08. The quantitative estimate of drug-likeness (QED) is 0.713. The lowest BCUT2D eigenvalue weighted by atomic mass is 10.3. The molecule has 0 aliphatic carbocycles. The van der Waals surface area contributed by atoms with E-state index < -0.39 is 17.2 Å². The van der Waals surface area contributed by atoms with Crippen molar-refractivity contribution >= 4 is 35.9 Å². The minimum absolute atomic E-state index is 0.150. The van der Waals surface area contributed by atoms with E-state index in [-0.39, 0.29) is 6.42 Å². The number of carboxylic acid groups (broad SMARTS) is 2. The van der Waals surface area contributed by atoms with Crippen molar-refractivity contribution in [2.24, 2.45) is 0 Å². The fourth-order valence-corrected chi connectivity index (χ4v) is 1.26. The fraction of sp³-hybridized carbons (Fsp3) is 0.333. The zero-order valence-corrected chi connectivity index (χ0v) is 9.79. The van der Waals surface area contributed by atoms with Crippen LogP contribution in [0.15, 0.2) is 17.5 Å². The third-order valence-electron chi connectivity index (χ3n) is 1.26. The summed E-state index contributed by atoms with van der Waals surface area (Å²) < 4.78 is 0. The largest absolute Gasteiger partial charge is 0.481 e. The summed E-state index contributed by atoms with van der Waals surface area (Å²) in [7, 11) is 0. The molecule has 15 heavy (non-hydrogen) atoms. The van der Waals surface area contributed by atoms with Gasteiger partial charge in [0.2, 0.25) is 0 Å². The molecule has 84 valence electrons. The van der Waals surface area contributed by atoms with Crippen molar-refractivity contribution in [1.29, 1.82) is 0 Å². The molecule has 1 aromatic heterocycles. The van der Waals surface area contributed by atoms with E-state index in [1.165, 1.54) is 18.3 Å². The maximum atomic E-state index is 10.1. The molecular formula is C9H12O4S2. The molecule has 0 aliphatic heterocycles. The summed E-state index contributed by atoms with van der Waals surface area (Å²) in [6.45, 7) is 1.51. The Hall–Kier alpha value is -1.01. The summed E-state index contributed by atoms with van der Waals surface area (Å²) in [5.41, 5.74) is 0. The maximum absolute atomic E-state index is 10.1. The van der Waals surface area contributed by atoms with Gasteiger partial charge in [0.15, 0.2) is 0 Å². The Morgan fingerprint density at radius 2 is 2.07 bits per heavy atom. The molecule has 0 fully saturated rings. The molecule has 0 aromatic carbocycles. The van der Waals surface area contributed by atoms with Crippen molar-refractivity contribution < 1.29 is 19.8 Å². The van der Waals surface area contributed by atoms with E-state index in [4.69, 9.17) is 10.2 Å². The SMILES string of the molecule is CC(S)C(=O)O.O=C(O)Cc1cccs1. The number of carboxylic acids is 2. The smallest absolute Gasteiger partial charge is 0.316 e. The van der Waals surface area contributed by atoms with Gasteiger partial charge >= 0.3 is 11.9 Å². The number of aliphatic carboxylic acids is 2. The molecule has 4 nitrogen and oxygen atoms in total. The Kier molecular flexibility index (Phi) is 6.81. The van der Waals surface area contributed by atoms with Gasteiger partial charge in [0.25, 0.3) is 0 Å².